The number of nitrogens with zero attached hydrogens (tertiary/aromatic N) is 4. The van der Waals surface area contributed by atoms with Gasteiger partial charge >= 0.3 is 0 Å². The van der Waals surface area contributed by atoms with Gasteiger partial charge in [0.1, 0.15) is 24.0 Å². The number of likely N-dealkylation sites (N-methyl/N-ethyl adjacent to an activating group) is 1. The van der Waals surface area contributed by atoms with Crippen LogP contribution in [0.3, 0.4) is 0 Å². The van der Waals surface area contributed by atoms with Crippen LogP contribution in [0.5, 0.6) is 5.75 Å². The minimum atomic E-state index is -0.0398. The Labute approximate surface area is 175 Å². The molecule has 5 rings (SSSR count). The first kappa shape index (κ1) is 18.9. The van der Waals surface area contributed by atoms with E-state index in [9.17, 15) is 5.11 Å². The third kappa shape index (κ3) is 2.84. The minimum Gasteiger partial charge on any atom is -0.488 e. The summed E-state index contributed by atoms with van der Waals surface area (Å²) in [5.74, 6) is 1.74. The predicted molar refractivity (Wildman–Crippen MR) is 117 cm³/mol. The van der Waals surface area contributed by atoms with E-state index in [1.54, 1.807) is 0 Å². The lowest BCUT2D eigenvalue weighted by molar-refractivity contribution is 0.0897. The van der Waals surface area contributed by atoms with Crippen LogP contribution in [0.1, 0.15) is 36.9 Å². The molecule has 1 aromatic heterocycles. The average Bonchev–Trinajstić information content (AvgIpc) is 3.31. The van der Waals surface area contributed by atoms with Gasteiger partial charge in [-0.2, -0.15) is 0 Å². The number of rotatable bonds is 5. The largest absolute Gasteiger partial charge is 0.488 e. The van der Waals surface area contributed by atoms with E-state index in [1.807, 2.05) is 44.0 Å². The van der Waals surface area contributed by atoms with Crippen molar-refractivity contribution in [3.63, 3.8) is 0 Å². The van der Waals surface area contributed by atoms with E-state index in [-0.39, 0.29) is 24.7 Å². The molecule has 156 valence electrons. The fraction of sp³-hybridized carbons (Fsp3) is 0.391. The zero-order chi connectivity index (χ0) is 20.8. The molecule has 2 aliphatic rings. The topological polar surface area (TPSA) is 72.1 Å². The average molecular weight is 406 g/mol. The fourth-order valence-corrected chi connectivity index (χ4v) is 4.63. The first-order valence-electron chi connectivity index (χ1n) is 10.3. The lowest BCUT2D eigenvalue weighted by Crippen LogP contribution is -2.30. The number of imidazole rings is 1. The van der Waals surface area contributed by atoms with Gasteiger partial charge in [0, 0.05) is 19.2 Å². The molecule has 0 saturated heterocycles. The Morgan fingerprint density at radius 2 is 2.00 bits per heavy atom. The number of benzene rings is 2. The Balaban J connectivity index is 1.74. The molecule has 0 fully saturated rings. The van der Waals surface area contributed by atoms with Crippen molar-refractivity contribution >= 4 is 22.7 Å². The molecule has 2 aromatic carbocycles. The second-order valence-electron chi connectivity index (χ2n) is 8.04. The third-order valence-corrected chi connectivity index (χ3v) is 6.09. The summed E-state index contributed by atoms with van der Waals surface area (Å²) in [6, 6.07) is 14.5. The SMILES string of the molecule is CC1=NOC(C)C1c1ccc2nc(N(C)CCO)n3c2c1OCC3c1ccccc1. The van der Waals surface area contributed by atoms with Crippen LogP contribution in [-0.2, 0) is 4.84 Å². The maximum Gasteiger partial charge on any atom is 0.207 e. The van der Waals surface area contributed by atoms with Crippen molar-refractivity contribution in [3.05, 3.63) is 53.6 Å². The van der Waals surface area contributed by atoms with E-state index >= 15 is 0 Å². The van der Waals surface area contributed by atoms with Crippen molar-refractivity contribution in [2.75, 3.05) is 31.7 Å². The zero-order valence-corrected chi connectivity index (χ0v) is 17.4. The summed E-state index contributed by atoms with van der Waals surface area (Å²) < 4.78 is 8.68. The molecule has 2 aliphatic heterocycles. The summed E-state index contributed by atoms with van der Waals surface area (Å²) in [6.45, 7) is 5.12. The van der Waals surface area contributed by atoms with Crippen LogP contribution in [0.4, 0.5) is 5.95 Å². The molecular formula is C23H26N4O3. The summed E-state index contributed by atoms with van der Waals surface area (Å²) in [5, 5.41) is 13.7. The smallest absolute Gasteiger partial charge is 0.207 e. The summed E-state index contributed by atoms with van der Waals surface area (Å²) >= 11 is 0. The quantitative estimate of drug-likeness (QED) is 0.704. The molecule has 3 atom stereocenters. The molecule has 0 spiro atoms. The Morgan fingerprint density at radius 3 is 2.70 bits per heavy atom. The van der Waals surface area contributed by atoms with Crippen LogP contribution in [0.25, 0.3) is 11.0 Å². The van der Waals surface area contributed by atoms with E-state index in [2.05, 4.69) is 34.0 Å². The van der Waals surface area contributed by atoms with Crippen molar-refractivity contribution in [3.8, 4) is 5.75 Å². The Hall–Kier alpha value is -3.06. The number of aliphatic hydroxyl groups is 1. The van der Waals surface area contributed by atoms with Crippen LogP contribution in [0.2, 0.25) is 0 Å². The predicted octanol–water partition coefficient (Wildman–Crippen LogP) is 3.32. The standard InChI is InChI=1S/C23H26N4O3/c1-14-20(15(2)30-25-14)17-9-10-18-21-22(17)29-13-19(16-7-5-4-6-8-16)27(21)23(24-18)26(3)11-12-28/h4-10,15,19-20,28H,11-13H2,1-3H3. The number of oxime groups is 1. The fourth-order valence-electron chi connectivity index (χ4n) is 4.63. The normalized spacial score (nSPS) is 22.5. The number of hydrogen-bond donors (Lipinski definition) is 1. The maximum atomic E-state index is 9.50. The van der Waals surface area contributed by atoms with Crippen molar-refractivity contribution < 1.29 is 14.7 Å². The monoisotopic (exact) mass is 406 g/mol. The van der Waals surface area contributed by atoms with Gasteiger partial charge in [-0.25, -0.2) is 4.98 Å². The Bertz CT molecular complexity index is 1110. The molecular weight excluding hydrogens is 380 g/mol. The molecule has 3 aromatic rings. The summed E-state index contributed by atoms with van der Waals surface area (Å²) in [6.07, 6.45) is -0.0398. The van der Waals surface area contributed by atoms with E-state index in [1.165, 1.54) is 5.56 Å². The lowest BCUT2D eigenvalue weighted by atomic mass is 9.89. The van der Waals surface area contributed by atoms with Gasteiger partial charge in [0.05, 0.1) is 29.8 Å². The number of anilines is 1. The van der Waals surface area contributed by atoms with Gasteiger partial charge < -0.3 is 19.6 Å². The first-order chi connectivity index (χ1) is 14.6. The van der Waals surface area contributed by atoms with Gasteiger partial charge in [0.25, 0.3) is 0 Å². The molecule has 0 aliphatic carbocycles. The van der Waals surface area contributed by atoms with E-state index in [0.717, 1.165) is 34.0 Å². The van der Waals surface area contributed by atoms with E-state index in [0.29, 0.717) is 13.2 Å². The molecule has 0 amide bonds. The van der Waals surface area contributed by atoms with E-state index < -0.39 is 0 Å². The van der Waals surface area contributed by atoms with Crippen LogP contribution < -0.4 is 9.64 Å². The highest BCUT2D eigenvalue weighted by atomic mass is 16.6. The van der Waals surface area contributed by atoms with Crippen LogP contribution in [0, 0.1) is 0 Å². The Kier molecular flexibility index (Phi) is 4.62. The highest BCUT2D eigenvalue weighted by Gasteiger charge is 2.37. The Morgan fingerprint density at radius 1 is 1.20 bits per heavy atom. The van der Waals surface area contributed by atoms with Gasteiger partial charge in [-0.15, -0.1) is 0 Å². The molecule has 7 nitrogen and oxygen atoms in total. The second kappa shape index (κ2) is 7.32. The third-order valence-electron chi connectivity index (χ3n) is 6.09. The number of aliphatic hydroxyl groups excluding tert-OH is 1. The highest BCUT2D eigenvalue weighted by Crippen LogP contribution is 2.45. The summed E-state index contributed by atoms with van der Waals surface area (Å²) in [7, 11) is 1.96. The second-order valence-corrected chi connectivity index (χ2v) is 8.04. The van der Waals surface area contributed by atoms with Crippen molar-refractivity contribution in [1.82, 2.24) is 9.55 Å². The first-order valence-corrected chi connectivity index (χ1v) is 10.3. The molecule has 0 radical (unpaired) electrons. The zero-order valence-electron chi connectivity index (χ0n) is 17.4. The van der Waals surface area contributed by atoms with Crippen LogP contribution >= 0.6 is 0 Å². The lowest BCUT2D eigenvalue weighted by Gasteiger charge is -2.31. The summed E-state index contributed by atoms with van der Waals surface area (Å²) in [5.41, 5.74) is 5.07. The molecule has 7 heteroatoms. The number of aromatic nitrogens is 2. The van der Waals surface area contributed by atoms with E-state index in [4.69, 9.17) is 14.6 Å². The maximum absolute atomic E-state index is 9.50. The summed E-state index contributed by atoms with van der Waals surface area (Å²) in [4.78, 5) is 12.5. The van der Waals surface area contributed by atoms with Gasteiger partial charge in [-0.1, -0.05) is 41.6 Å². The molecule has 0 saturated carbocycles. The van der Waals surface area contributed by atoms with Crippen molar-refractivity contribution in [2.45, 2.75) is 31.9 Å². The van der Waals surface area contributed by atoms with Crippen molar-refractivity contribution in [1.29, 1.82) is 0 Å². The number of hydrogen-bond acceptors (Lipinski definition) is 6. The highest BCUT2D eigenvalue weighted by molar-refractivity contribution is 5.94. The molecule has 3 heterocycles. The molecule has 30 heavy (non-hydrogen) atoms. The van der Waals surface area contributed by atoms with Crippen LogP contribution in [-0.4, -0.2) is 53.3 Å². The molecule has 3 unspecified atom stereocenters. The van der Waals surface area contributed by atoms with Gasteiger partial charge in [0.2, 0.25) is 5.95 Å². The minimum absolute atomic E-state index is 0.00195. The molecule has 1 N–H and O–H groups in total. The van der Waals surface area contributed by atoms with Gasteiger partial charge in [0.15, 0.2) is 0 Å². The van der Waals surface area contributed by atoms with Gasteiger partial charge in [-0.3, -0.25) is 4.57 Å². The van der Waals surface area contributed by atoms with Gasteiger partial charge in [-0.05, 0) is 25.5 Å². The number of ether oxygens (including phenoxy) is 1. The van der Waals surface area contributed by atoms with Crippen LogP contribution in [0.15, 0.2) is 47.6 Å². The molecule has 0 bridgehead atoms. The van der Waals surface area contributed by atoms with Crippen molar-refractivity contribution in [2.24, 2.45) is 5.16 Å².